The maximum Gasteiger partial charge on any atom is 0.404 e. The van der Waals surface area contributed by atoms with E-state index in [-0.39, 0.29) is 36.0 Å². The van der Waals surface area contributed by atoms with Gasteiger partial charge in [0.1, 0.15) is 6.61 Å². The third kappa shape index (κ3) is 2.39. The lowest BCUT2D eigenvalue weighted by Crippen LogP contribution is -2.55. The van der Waals surface area contributed by atoms with Gasteiger partial charge in [0, 0.05) is 36.5 Å². The van der Waals surface area contributed by atoms with Gasteiger partial charge in [0.05, 0.1) is 23.4 Å². The predicted molar refractivity (Wildman–Crippen MR) is 106 cm³/mol. The molecule has 1 aliphatic carbocycles. The van der Waals surface area contributed by atoms with Crippen molar-refractivity contribution in [1.82, 2.24) is 10.2 Å². The molecule has 4 aliphatic rings. The Kier molecular flexibility index (Phi) is 4.03. The van der Waals surface area contributed by atoms with Crippen LogP contribution in [0.5, 0.6) is 0 Å². The summed E-state index contributed by atoms with van der Waals surface area (Å²) >= 11 is 0. The summed E-state index contributed by atoms with van der Waals surface area (Å²) in [4.78, 5) is 40.2. The topological polar surface area (TPSA) is 133 Å². The summed E-state index contributed by atoms with van der Waals surface area (Å²) in [7, 11) is 1.55. The molecule has 0 saturated carbocycles. The first-order chi connectivity index (χ1) is 14.4. The number of hydrogen-bond acceptors (Lipinski definition) is 8. The molecule has 0 aromatic heterocycles. The van der Waals surface area contributed by atoms with Gasteiger partial charge in [-0.1, -0.05) is 18.2 Å². The zero-order valence-electron chi connectivity index (χ0n) is 16.6. The van der Waals surface area contributed by atoms with Gasteiger partial charge in [0.15, 0.2) is 5.72 Å². The van der Waals surface area contributed by atoms with E-state index in [2.05, 4.69) is 10.6 Å². The highest BCUT2D eigenvalue weighted by Gasteiger charge is 2.72. The number of primary amides is 1. The standard InChI is InChI=1S/C21H22N4O5/c1-10-15(23-11-6-4-3-5-7-11)18(27)14-12(9-30-20(22)28)21(29-2)19-13(24-19)8-25(21)16(14)17(10)26/h3-7,12-13,19,23-24H,8-9H2,1-2H3,(H2,22,28)/t12-,13?,19?,21-/m1/s1. The van der Waals surface area contributed by atoms with Crippen molar-refractivity contribution in [1.29, 1.82) is 0 Å². The normalized spacial score (nSPS) is 31.5. The number of nitrogens with one attached hydrogen (secondary N) is 2. The van der Waals surface area contributed by atoms with Gasteiger partial charge < -0.3 is 30.7 Å². The van der Waals surface area contributed by atoms with Crippen molar-refractivity contribution < 1.29 is 23.9 Å². The van der Waals surface area contributed by atoms with Crippen LogP contribution in [0.25, 0.3) is 0 Å². The summed E-state index contributed by atoms with van der Waals surface area (Å²) in [5.74, 6) is -1.17. The molecule has 1 aromatic carbocycles. The molecule has 1 aromatic rings. The van der Waals surface area contributed by atoms with Gasteiger partial charge in [-0.2, -0.15) is 0 Å². The fraction of sp³-hybridized carbons (Fsp3) is 0.381. The Morgan fingerprint density at radius 3 is 2.70 bits per heavy atom. The number of para-hydroxylation sites is 1. The minimum Gasteiger partial charge on any atom is -0.449 e. The van der Waals surface area contributed by atoms with E-state index in [4.69, 9.17) is 15.2 Å². The number of carbonyl (C=O) groups is 3. The molecule has 2 unspecified atom stereocenters. The van der Waals surface area contributed by atoms with Crippen LogP contribution in [0.4, 0.5) is 10.5 Å². The van der Waals surface area contributed by atoms with E-state index in [0.29, 0.717) is 29.1 Å². The fourth-order valence-corrected chi connectivity index (χ4v) is 5.11. The van der Waals surface area contributed by atoms with Gasteiger partial charge in [-0.3, -0.25) is 9.59 Å². The maximum atomic E-state index is 13.6. The summed E-state index contributed by atoms with van der Waals surface area (Å²) in [6.07, 6.45) is -0.941. The average Bonchev–Trinajstić information content (AvgIpc) is 3.35. The molecule has 3 heterocycles. The Balaban J connectivity index is 1.58. The lowest BCUT2D eigenvalue weighted by Gasteiger charge is -2.39. The number of benzene rings is 1. The van der Waals surface area contributed by atoms with Gasteiger partial charge in [-0.15, -0.1) is 0 Å². The molecular weight excluding hydrogens is 388 g/mol. The smallest absolute Gasteiger partial charge is 0.404 e. The number of methoxy groups -OCH3 is 1. The molecule has 9 nitrogen and oxygen atoms in total. The molecule has 9 heteroatoms. The quantitative estimate of drug-likeness (QED) is 0.472. The molecule has 0 bridgehead atoms. The summed E-state index contributed by atoms with van der Waals surface area (Å²) in [5, 5.41) is 6.43. The van der Waals surface area contributed by atoms with Gasteiger partial charge in [-0.05, 0) is 19.1 Å². The Hall–Kier alpha value is -3.17. The van der Waals surface area contributed by atoms with Crippen molar-refractivity contribution in [2.45, 2.75) is 24.7 Å². The van der Waals surface area contributed by atoms with Crippen LogP contribution in [-0.4, -0.2) is 60.6 Å². The number of ether oxygens (including phenoxy) is 2. The summed E-state index contributed by atoms with van der Waals surface area (Å²) < 4.78 is 11.1. The Morgan fingerprint density at radius 2 is 2.03 bits per heavy atom. The van der Waals surface area contributed by atoms with Crippen LogP contribution in [-0.2, 0) is 19.1 Å². The molecular formula is C21H22N4O5. The molecule has 5 rings (SSSR count). The second kappa shape index (κ2) is 6.41. The van der Waals surface area contributed by atoms with E-state index in [1.165, 1.54) is 0 Å². The number of Topliss-reactive ketones (excluding diaryl/α,β-unsaturated/α-hetero) is 2. The summed E-state index contributed by atoms with van der Waals surface area (Å²) in [6, 6.07) is 9.27. The summed E-state index contributed by atoms with van der Waals surface area (Å²) in [5.41, 5.74) is 6.14. The van der Waals surface area contributed by atoms with E-state index in [1.54, 1.807) is 14.0 Å². The van der Waals surface area contributed by atoms with Crippen molar-refractivity contribution in [3.63, 3.8) is 0 Å². The Bertz CT molecular complexity index is 1030. The molecule has 2 saturated heterocycles. The number of hydrogen-bond donors (Lipinski definition) is 3. The van der Waals surface area contributed by atoms with Gasteiger partial charge in [-0.25, -0.2) is 4.79 Å². The molecule has 4 N–H and O–H groups in total. The van der Waals surface area contributed by atoms with E-state index in [9.17, 15) is 14.4 Å². The average molecular weight is 410 g/mol. The minimum absolute atomic E-state index is 0.0685. The van der Waals surface area contributed by atoms with Crippen LogP contribution >= 0.6 is 0 Å². The highest BCUT2D eigenvalue weighted by molar-refractivity contribution is 6.26. The zero-order valence-corrected chi connectivity index (χ0v) is 16.6. The molecule has 0 spiro atoms. The number of allylic oxidation sites excluding steroid dienone is 2. The number of piperazine rings is 1. The SMILES string of the molecule is CO[C@]12C3NC3CN1C1=C(C(=O)C(Nc3ccccc3)=C(C)C1=O)[C@H]2COC(N)=O. The maximum absolute atomic E-state index is 13.6. The molecule has 4 atom stereocenters. The van der Waals surface area contributed by atoms with Crippen LogP contribution in [0.1, 0.15) is 6.92 Å². The van der Waals surface area contributed by atoms with Crippen LogP contribution in [0.15, 0.2) is 52.9 Å². The zero-order chi connectivity index (χ0) is 21.2. The van der Waals surface area contributed by atoms with Gasteiger partial charge >= 0.3 is 6.09 Å². The lowest BCUT2D eigenvalue weighted by atomic mass is 9.82. The van der Waals surface area contributed by atoms with Crippen molar-refractivity contribution >= 4 is 23.3 Å². The third-order valence-corrected chi connectivity index (χ3v) is 6.47. The number of nitrogens with zero attached hydrogens (tertiary/aromatic N) is 1. The largest absolute Gasteiger partial charge is 0.449 e. The number of nitrogens with two attached hydrogens (primary N) is 1. The highest BCUT2D eigenvalue weighted by Crippen LogP contribution is 2.55. The van der Waals surface area contributed by atoms with Crippen molar-refractivity contribution in [3.8, 4) is 0 Å². The first-order valence-corrected chi connectivity index (χ1v) is 9.77. The molecule has 2 fully saturated rings. The molecule has 156 valence electrons. The summed E-state index contributed by atoms with van der Waals surface area (Å²) in [6.45, 7) is 2.03. The van der Waals surface area contributed by atoms with E-state index >= 15 is 0 Å². The van der Waals surface area contributed by atoms with E-state index in [1.807, 2.05) is 35.2 Å². The number of ketones is 2. The number of anilines is 1. The number of carbonyl (C=O) groups excluding carboxylic acids is 3. The molecule has 3 aliphatic heterocycles. The third-order valence-electron chi connectivity index (χ3n) is 6.47. The van der Waals surface area contributed by atoms with Crippen molar-refractivity contribution in [3.05, 3.63) is 52.9 Å². The molecule has 0 radical (unpaired) electrons. The van der Waals surface area contributed by atoms with Crippen LogP contribution < -0.4 is 16.4 Å². The number of rotatable bonds is 5. The predicted octanol–water partition coefficient (Wildman–Crippen LogP) is 0.502. The Morgan fingerprint density at radius 1 is 1.30 bits per heavy atom. The van der Waals surface area contributed by atoms with Gasteiger partial charge in [0.25, 0.3) is 0 Å². The molecule has 1 amide bonds. The first kappa shape index (κ1) is 18.8. The van der Waals surface area contributed by atoms with E-state index in [0.717, 1.165) is 0 Å². The highest BCUT2D eigenvalue weighted by atomic mass is 16.6. The van der Waals surface area contributed by atoms with Crippen molar-refractivity contribution in [2.75, 3.05) is 25.6 Å². The van der Waals surface area contributed by atoms with Gasteiger partial charge in [0.2, 0.25) is 11.6 Å². The second-order valence-electron chi connectivity index (χ2n) is 7.91. The van der Waals surface area contributed by atoms with E-state index < -0.39 is 17.7 Å². The minimum atomic E-state index is -0.974. The fourth-order valence-electron chi connectivity index (χ4n) is 5.11. The van der Waals surface area contributed by atoms with Crippen molar-refractivity contribution in [2.24, 2.45) is 11.7 Å². The lowest BCUT2D eigenvalue weighted by molar-refractivity contribution is -0.137. The second-order valence-corrected chi connectivity index (χ2v) is 7.91. The van der Waals surface area contributed by atoms with Crippen LogP contribution in [0.2, 0.25) is 0 Å². The van der Waals surface area contributed by atoms with Crippen LogP contribution in [0, 0.1) is 5.92 Å². The first-order valence-electron chi connectivity index (χ1n) is 9.77. The Labute approximate surface area is 172 Å². The molecule has 30 heavy (non-hydrogen) atoms. The van der Waals surface area contributed by atoms with Crippen LogP contribution in [0.3, 0.4) is 0 Å². The number of fused-ring (bicyclic) bond motifs is 4. The number of amides is 1. The monoisotopic (exact) mass is 410 g/mol.